The Morgan fingerprint density at radius 1 is 0.658 bits per heavy atom. The maximum atomic E-state index is 14.5. The van der Waals surface area contributed by atoms with Crippen molar-refractivity contribution in [1.29, 1.82) is 0 Å². The largest absolute Gasteiger partial charge is 0.301 e. The molecule has 0 saturated carbocycles. The number of benzene rings is 3. The van der Waals surface area contributed by atoms with Crippen LogP contribution in [0, 0.1) is 11.6 Å². The molecule has 1 aliphatic heterocycles. The molecule has 0 aliphatic carbocycles. The van der Waals surface area contributed by atoms with E-state index in [-0.39, 0.29) is 5.56 Å². The molecule has 0 bridgehead atoms. The molecule has 0 unspecified atom stereocenters. The van der Waals surface area contributed by atoms with Crippen LogP contribution >= 0.6 is 0 Å². The minimum absolute atomic E-state index is 0.261. The lowest BCUT2D eigenvalue weighted by atomic mass is 9.84. The van der Waals surface area contributed by atoms with Crippen molar-refractivity contribution >= 4 is 17.6 Å². The normalized spacial score (nSPS) is 12.6. The molecule has 5 heteroatoms. The third-order valence-electron chi connectivity index (χ3n) is 7.04. The van der Waals surface area contributed by atoms with Crippen LogP contribution in [0.1, 0.15) is 30.8 Å². The molecular formula is C33H25F2N3. The Labute approximate surface area is 220 Å². The summed E-state index contributed by atoms with van der Waals surface area (Å²) in [6.07, 6.45) is 4.16. The fourth-order valence-electron chi connectivity index (χ4n) is 4.90. The van der Waals surface area contributed by atoms with Crippen LogP contribution in [0.4, 0.5) is 20.3 Å². The molecule has 0 N–H and O–H groups in total. The highest BCUT2D eigenvalue weighted by atomic mass is 19.1. The van der Waals surface area contributed by atoms with E-state index in [9.17, 15) is 8.78 Å². The van der Waals surface area contributed by atoms with Crippen molar-refractivity contribution in [3.8, 4) is 22.4 Å². The summed E-state index contributed by atoms with van der Waals surface area (Å²) >= 11 is 0. The zero-order valence-corrected chi connectivity index (χ0v) is 21.1. The van der Waals surface area contributed by atoms with Gasteiger partial charge in [-0.2, -0.15) is 0 Å². The Balaban J connectivity index is 1.41. The van der Waals surface area contributed by atoms with Gasteiger partial charge in [-0.25, -0.2) is 13.8 Å². The van der Waals surface area contributed by atoms with Gasteiger partial charge in [-0.05, 0) is 73.5 Å². The number of anilines is 2. The second kappa shape index (κ2) is 9.34. The van der Waals surface area contributed by atoms with E-state index in [1.54, 1.807) is 6.07 Å². The van der Waals surface area contributed by atoms with Crippen LogP contribution in [-0.4, -0.2) is 9.97 Å². The number of hydrogen-bond donors (Lipinski definition) is 0. The fourth-order valence-corrected chi connectivity index (χ4v) is 4.90. The first-order chi connectivity index (χ1) is 18.4. The SMILES string of the molecule is CC(C)(c1cccc(-c2ccc(F)cc2F)n1)c1cccc(N2C=Cc3ccccc3-c3ccccc32)n1. The zero-order chi connectivity index (χ0) is 26.3. The van der Waals surface area contributed by atoms with E-state index in [1.165, 1.54) is 17.7 Å². The summed E-state index contributed by atoms with van der Waals surface area (Å²) in [5.74, 6) is -0.469. The molecule has 1 aliphatic rings. The highest BCUT2D eigenvalue weighted by Gasteiger charge is 2.28. The molecule has 0 fully saturated rings. The van der Waals surface area contributed by atoms with Crippen LogP contribution in [-0.2, 0) is 5.41 Å². The van der Waals surface area contributed by atoms with Crippen LogP contribution in [0.25, 0.3) is 28.5 Å². The van der Waals surface area contributed by atoms with Gasteiger partial charge in [0.05, 0.1) is 22.8 Å². The van der Waals surface area contributed by atoms with Crippen LogP contribution in [0.5, 0.6) is 0 Å². The number of aromatic nitrogens is 2. The lowest BCUT2D eigenvalue weighted by molar-refractivity contribution is 0.583. The number of hydrogen-bond acceptors (Lipinski definition) is 3. The lowest BCUT2D eigenvalue weighted by Gasteiger charge is -2.27. The van der Waals surface area contributed by atoms with E-state index >= 15 is 0 Å². The predicted molar refractivity (Wildman–Crippen MR) is 149 cm³/mol. The highest BCUT2D eigenvalue weighted by Crippen LogP contribution is 2.40. The van der Waals surface area contributed by atoms with Crippen LogP contribution in [0.15, 0.2) is 109 Å². The Morgan fingerprint density at radius 2 is 1.37 bits per heavy atom. The number of nitrogens with zero attached hydrogens (tertiary/aromatic N) is 3. The Bertz CT molecular complexity index is 1690. The maximum absolute atomic E-state index is 14.5. The third kappa shape index (κ3) is 4.16. The highest BCUT2D eigenvalue weighted by molar-refractivity contribution is 5.90. The molecule has 0 spiro atoms. The molecular weight excluding hydrogens is 476 g/mol. The average Bonchev–Trinajstić information content (AvgIpc) is 3.10. The topological polar surface area (TPSA) is 29.0 Å². The number of rotatable bonds is 4. The summed E-state index contributed by atoms with van der Waals surface area (Å²) in [5.41, 5.74) is 6.19. The Hall–Kier alpha value is -4.64. The molecule has 3 nitrogen and oxygen atoms in total. The standard InChI is InChI=1S/C33H25F2N3/c1-33(2,30-14-7-12-28(36-30)26-18-17-23(34)21-27(26)35)31-15-8-16-32(37-31)38-20-19-22-9-3-4-10-24(22)25-11-5-6-13-29(25)38/h3-21H,1-2H3. The van der Waals surface area contributed by atoms with E-state index < -0.39 is 17.0 Å². The van der Waals surface area contributed by atoms with Crippen LogP contribution in [0.2, 0.25) is 0 Å². The number of pyridine rings is 2. The molecule has 0 atom stereocenters. The van der Waals surface area contributed by atoms with Gasteiger partial charge < -0.3 is 4.90 Å². The molecule has 186 valence electrons. The first kappa shape index (κ1) is 23.7. The second-order valence-electron chi connectivity index (χ2n) is 9.83. The average molecular weight is 502 g/mol. The second-order valence-corrected chi connectivity index (χ2v) is 9.83. The molecule has 6 rings (SSSR count). The summed E-state index contributed by atoms with van der Waals surface area (Å²) < 4.78 is 28.0. The van der Waals surface area contributed by atoms with E-state index in [2.05, 4.69) is 53.6 Å². The van der Waals surface area contributed by atoms with Gasteiger partial charge in [-0.3, -0.25) is 4.98 Å². The van der Waals surface area contributed by atoms with Crippen LogP contribution in [0.3, 0.4) is 0 Å². The summed E-state index contributed by atoms with van der Waals surface area (Å²) in [4.78, 5) is 12.0. The van der Waals surface area contributed by atoms with Crippen molar-refractivity contribution in [3.05, 3.63) is 138 Å². The van der Waals surface area contributed by atoms with Crippen molar-refractivity contribution in [2.45, 2.75) is 19.3 Å². The first-order valence-corrected chi connectivity index (χ1v) is 12.5. The third-order valence-corrected chi connectivity index (χ3v) is 7.04. The summed E-state index contributed by atoms with van der Waals surface area (Å²) in [7, 11) is 0. The van der Waals surface area contributed by atoms with Gasteiger partial charge in [-0.1, -0.05) is 54.6 Å². The Kier molecular flexibility index (Phi) is 5.84. The van der Waals surface area contributed by atoms with E-state index in [4.69, 9.17) is 9.97 Å². The molecule has 3 heterocycles. The predicted octanol–water partition coefficient (Wildman–Crippen LogP) is 8.54. The van der Waals surface area contributed by atoms with Gasteiger partial charge >= 0.3 is 0 Å². The molecule has 0 amide bonds. The minimum Gasteiger partial charge on any atom is -0.301 e. The van der Waals surface area contributed by atoms with Crippen molar-refractivity contribution in [2.24, 2.45) is 0 Å². The summed E-state index contributed by atoms with van der Waals surface area (Å²) in [6.45, 7) is 4.10. The molecule has 3 aromatic carbocycles. The number of halogens is 2. The fraction of sp³-hybridized carbons (Fsp3) is 0.0909. The van der Waals surface area contributed by atoms with Gasteiger partial charge in [0.15, 0.2) is 0 Å². The molecule has 0 saturated heterocycles. The Morgan fingerprint density at radius 3 is 2.18 bits per heavy atom. The van der Waals surface area contributed by atoms with Crippen molar-refractivity contribution in [1.82, 2.24) is 9.97 Å². The van der Waals surface area contributed by atoms with Gasteiger partial charge in [0.2, 0.25) is 0 Å². The molecule has 5 aromatic rings. The van der Waals surface area contributed by atoms with E-state index in [0.717, 1.165) is 40.1 Å². The van der Waals surface area contributed by atoms with Crippen molar-refractivity contribution in [3.63, 3.8) is 0 Å². The first-order valence-electron chi connectivity index (χ1n) is 12.5. The molecule has 2 aromatic heterocycles. The van der Waals surface area contributed by atoms with E-state index in [0.29, 0.717) is 5.69 Å². The lowest BCUT2D eigenvalue weighted by Crippen LogP contribution is -2.23. The molecule has 0 radical (unpaired) electrons. The van der Waals surface area contributed by atoms with Crippen LogP contribution < -0.4 is 4.90 Å². The molecule has 38 heavy (non-hydrogen) atoms. The van der Waals surface area contributed by atoms with Crippen molar-refractivity contribution in [2.75, 3.05) is 4.90 Å². The zero-order valence-electron chi connectivity index (χ0n) is 21.1. The van der Waals surface area contributed by atoms with Gasteiger partial charge in [0.25, 0.3) is 0 Å². The maximum Gasteiger partial charge on any atom is 0.137 e. The summed E-state index contributed by atoms with van der Waals surface area (Å²) in [6, 6.07) is 31.7. The van der Waals surface area contributed by atoms with Gasteiger partial charge in [0.1, 0.15) is 17.5 Å². The minimum atomic E-state index is -0.639. The van der Waals surface area contributed by atoms with Gasteiger partial charge in [-0.15, -0.1) is 0 Å². The monoisotopic (exact) mass is 501 g/mol. The van der Waals surface area contributed by atoms with Crippen molar-refractivity contribution < 1.29 is 8.78 Å². The number of fused-ring (bicyclic) bond motifs is 3. The van der Waals surface area contributed by atoms with E-state index in [1.807, 2.05) is 56.3 Å². The van der Waals surface area contributed by atoms with Gasteiger partial charge in [0, 0.05) is 28.8 Å². The quantitative estimate of drug-likeness (QED) is 0.247. The number of para-hydroxylation sites is 1. The smallest absolute Gasteiger partial charge is 0.137 e. The summed E-state index contributed by atoms with van der Waals surface area (Å²) in [5, 5.41) is 0.